The summed E-state index contributed by atoms with van der Waals surface area (Å²) < 4.78 is 5.48. The van der Waals surface area contributed by atoms with Crippen LogP contribution in [0.2, 0.25) is 0 Å². The molecule has 0 spiro atoms. The Morgan fingerprint density at radius 2 is 1.84 bits per heavy atom. The van der Waals surface area contributed by atoms with Gasteiger partial charge in [-0.1, -0.05) is 24.3 Å². The van der Waals surface area contributed by atoms with Crippen molar-refractivity contribution in [1.82, 2.24) is 0 Å². The highest BCUT2D eigenvalue weighted by Gasteiger charge is 2.35. The van der Waals surface area contributed by atoms with Crippen molar-refractivity contribution in [2.45, 2.75) is 44.6 Å². The van der Waals surface area contributed by atoms with E-state index in [1.807, 2.05) is 24.3 Å². The molecule has 1 aromatic rings. The first-order valence-electron chi connectivity index (χ1n) is 7.08. The van der Waals surface area contributed by atoms with Gasteiger partial charge >= 0.3 is 5.97 Å². The van der Waals surface area contributed by atoms with E-state index < -0.39 is 5.92 Å². The Morgan fingerprint density at radius 3 is 2.63 bits per heavy atom. The van der Waals surface area contributed by atoms with E-state index in [0.29, 0.717) is 12.0 Å². The highest BCUT2D eigenvalue weighted by molar-refractivity contribution is 6.10. The molecule has 1 unspecified atom stereocenters. The number of ether oxygens (including phenoxy) is 1. The van der Waals surface area contributed by atoms with E-state index in [1.54, 1.807) is 0 Å². The highest BCUT2D eigenvalue weighted by Crippen LogP contribution is 2.28. The summed E-state index contributed by atoms with van der Waals surface area (Å²) in [6, 6.07) is 7.56. The molecular weight excluding hydrogens is 240 g/mol. The van der Waals surface area contributed by atoms with Gasteiger partial charge < -0.3 is 4.74 Å². The fraction of sp³-hybridized carbons (Fsp3) is 0.500. The number of aryl methyl sites for hydroxylation is 1. The lowest BCUT2D eigenvalue weighted by atomic mass is 9.83. The number of benzene rings is 1. The number of fused-ring (bicyclic) bond motifs is 1. The van der Waals surface area contributed by atoms with Crippen molar-refractivity contribution in [3.8, 4) is 0 Å². The lowest BCUT2D eigenvalue weighted by molar-refractivity contribution is -0.152. The van der Waals surface area contributed by atoms with Gasteiger partial charge in [-0.05, 0) is 44.1 Å². The van der Waals surface area contributed by atoms with Gasteiger partial charge in [-0.15, -0.1) is 0 Å². The van der Waals surface area contributed by atoms with Crippen LogP contribution < -0.4 is 0 Å². The quantitative estimate of drug-likeness (QED) is 0.605. The standard InChI is InChI=1S/C16H18O3/c17-15-13-8-4-1-5-11(13)9-10-14(15)16(18)19-12-6-2-3-7-12/h1,4-5,8,12,14H,2-3,6-7,9-10H2. The number of esters is 1. The lowest BCUT2D eigenvalue weighted by Gasteiger charge is -2.23. The maximum atomic E-state index is 12.3. The minimum atomic E-state index is -0.588. The summed E-state index contributed by atoms with van der Waals surface area (Å²) in [4.78, 5) is 24.5. The van der Waals surface area contributed by atoms with Crippen LogP contribution in [-0.2, 0) is 16.0 Å². The maximum Gasteiger partial charge on any atom is 0.317 e. The Kier molecular flexibility index (Phi) is 3.36. The molecule has 0 heterocycles. The van der Waals surface area contributed by atoms with E-state index in [0.717, 1.165) is 37.7 Å². The molecule has 0 amide bonds. The van der Waals surface area contributed by atoms with Crippen LogP contribution in [0.5, 0.6) is 0 Å². The Hall–Kier alpha value is -1.64. The molecule has 0 saturated heterocycles. The summed E-state index contributed by atoms with van der Waals surface area (Å²) in [6.07, 6.45) is 5.55. The molecule has 3 heteroatoms. The summed E-state index contributed by atoms with van der Waals surface area (Å²) in [6.45, 7) is 0. The van der Waals surface area contributed by atoms with Gasteiger partial charge in [0.15, 0.2) is 5.78 Å². The van der Waals surface area contributed by atoms with Crippen molar-refractivity contribution in [1.29, 1.82) is 0 Å². The zero-order chi connectivity index (χ0) is 13.2. The second-order valence-corrected chi connectivity index (χ2v) is 5.46. The van der Waals surface area contributed by atoms with Crippen LogP contribution in [0.3, 0.4) is 0 Å². The van der Waals surface area contributed by atoms with Gasteiger partial charge in [0.2, 0.25) is 0 Å². The molecule has 100 valence electrons. The molecule has 3 nitrogen and oxygen atoms in total. The molecule has 1 saturated carbocycles. The second-order valence-electron chi connectivity index (χ2n) is 5.46. The lowest BCUT2D eigenvalue weighted by Crippen LogP contribution is -2.32. The van der Waals surface area contributed by atoms with Gasteiger partial charge in [-0.3, -0.25) is 9.59 Å². The summed E-state index contributed by atoms with van der Waals surface area (Å²) in [5.41, 5.74) is 1.75. The summed E-state index contributed by atoms with van der Waals surface area (Å²) in [7, 11) is 0. The summed E-state index contributed by atoms with van der Waals surface area (Å²) in [5, 5.41) is 0. The Bertz CT molecular complexity index is 500. The number of Topliss-reactive ketones (excluding diaryl/α,β-unsaturated/α-hetero) is 1. The van der Waals surface area contributed by atoms with E-state index in [-0.39, 0.29) is 17.9 Å². The first kappa shape index (κ1) is 12.4. The molecule has 0 aliphatic heterocycles. The van der Waals surface area contributed by atoms with Crippen LogP contribution in [-0.4, -0.2) is 17.9 Å². The van der Waals surface area contributed by atoms with Gasteiger partial charge in [0, 0.05) is 5.56 Å². The molecule has 3 rings (SSSR count). The Balaban J connectivity index is 1.72. The number of hydrogen-bond donors (Lipinski definition) is 0. The van der Waals surface area contributed by atoms with Crippen LogP contribution in [0.25, 0.3) is 0 Å². The third-order valence-electron chi connectivity index (χ3n) is 4.17. The average molecular weight is 258 g/mol. The van der Waals surface area contributed by atoms with Gasteiger partial charge in [0.25, 0.3) is 0 Å². The minimum Gasteiger partial charge on any atom is -0.462 e. The monoisotopic (exact) mass is 258 g/mol. The van der Waals surface area contributed by atoms with Crippen molar-refractivity contribution in [3.05, 3.63) is 35.4 Å². The van der Waals surface area contributed by atoms with Gasteiger partial charge in [0.1, 0.15) is 12.0 Å². The molecule has 2 aliphatic carbocycles. The van der Waals surface area contributed by atoms with E-state index in [2.05, 4.69) is 0 Å². The van der Waals surface area contributed by atoms with E-state index in [1.165, 1.54) is 0 Å². The van der Waals surface area contributed by atoms with Crippen molar-refractivity contribution in [3.63, 3.8) is 0 Å². The molecule has 0 aromatic heterocycles. The minimum absolute atomic E-state index is 0.0393. The zero-order valence-corrected chi connectivity index (χ0v) is 10.9. The molecule has 19 heavy (non-hydrogen) atoms. The normalized spacial score (nSPS) is 23.2. The molecule has 0 N–H and O–H groups in total. The summed E-state index contributed by atoms with van der Waals surface area (Å²) in [5.74, 6) is -0.966. The summed E-state index contributed by atoms with van der Waals surface area (Å²) >= 11 is 0. The van der Waals surface area contributed by atoms with Crippen molar-refractivity contribution >= 4 is 11.8 Å². The fourth-order valence-electron chi connectivity index (χ4n) is 3.07. The van der Waals surface area contributed by atoms with E-state index in [4.69, 9.17) is 4.74 Å². The van der Waals surface area contributed by atoms with Crippen molar-refractivity contribution < 1.29 is 14.3 Å². The van der Waals surface area contributed by atoms with Crippen molar-refractivity contribution in [2.75, 3.05) is 0 Å². The average Bonchev–Trinajstić information content (AvgIpc) is 2.92. The number of ketones is 1. The number of carbonyl (C=O) groups excluding carboxylic acids is 2. The van der Waals surface area contributed by atoms with Gasteiger partial charge in [-0.25, -0.2) is 0 Å². The molecule has 0 bridgehead atoms. The number of hydrogen-bond acceptors (Lipinski definition) is 3. The van der Waals surface area contributed by atoms with Crippen LogP contribution in [0, 0.1) is 5.92 Å². The van der Waals surface area contributed by atoms with E-state index >= 15 is 0 Å². The van der Waals surface area contributed by atoms with Gasteiger partial charge in [-0.2, -0.15) is 0 Å². The fourth-order valence-corrected chi connectivity index (χ4v) is 3.07. The third-order valence-corrected chi connectivity index (χ3v) is 4.17. The molecule has 1 aromatic carbocycles. The smallest absolute Gasteiger partial charge is 0.317 e. The molecule has 1 fully saturated rings. The number of carbonyl (C=O) groups is 2. The topological polar surface area (TPSA) is 43.4 Å². The SMILES string of the molecule is O=C(OC1CCCC1)C1CCc2ccccc2C1=O. The Morgan fingerprint density at radius 1 is 1.11 bits per heavy atom. The first-order valence-corrected chi connectivity index (χ1v) is 7.08. The van der Waals surface area contributed by atoms with Crippen molar-refractivity contribution in [2.24, 2.45) is 5.92 Å². The zero-order valence-electron chi connectivity index (χ0n) is 10.9. The van der Waals surface area contributed by atoms with Crippen LogP contribution >= 0.6 is 0 Å². The largest absolute Gasteiger partial charge is 0.462 e. The van der Waals surface area contributed by atoms with Crippen LogP contribution in [0.15, 0.2) is 24.3 Å². The van der Waals surface area contributed by atoms with Gasteiger partial charge in [0.05, 0.1) is 0 Å². The molecule has 2 aliphatic rings. The highest BCUT2D eigenvalue weighted by atomic mass is 16.5. The van der Waals surface area contributed by atoms with Crippen LogP contribution in [0.4, 0.5) is 0 Å². The Labute approximate surface area is 113 Å². The predicted octanol–water partition coefficient (Wildman–Crippen LogP) is 2.92. The molecule has 0 radical (unpaired) electrons. The van der Waals surface area contributed by atoms with E-state index in [9.17, 15) is 9.59 Å². The van der Waals surface area contributed by atoms with Crippen LogP contribution in [0.1, 0.15) is 48.0 Å². The third kappa shape index (κ3) is 2.42. The second kappa shape index (κ2) is 5.16. The predicted molar refractivity (Wildman–Crippen MR) is 70.9 cm³/mol. The number of rotatable bonds is 2. The first-order chi connectivity index (χ1) is 9.25. The molecule has 1 atom stereocenters. The molecular formula is C16H18O3. The maximum absolute atomic E-state index is 12.3.